The second-order valence-electron chi connectivity index (χ2n) is 4.38. The zero-order valence-corrected chi connectivity index (χ0v) is 11.5. The first-order valence-corrected chi connectivity index (χ1v) is 5.79. The molecule has 0 heterocycles. The molecule has 0 spiro atoms. The van der Waals surface area contributed by atoms with Crippen molar-refractivity contribution in [3.63, 3.8) is 0 Å². The van der Waals surface area contributed by atoms with Crippen LogP contribution in [0.3, 0.4) is 0 Å². The first kappa shape index (κ1) is 13.1. The highest BCUT2D eigenvalue weighted by Gasteiger charge is 2.12. The molecule has 0 atom stereocenters. The van der Waals surface area contributed by atoms with Gasteiger partial charge in [0.15, 0.2) is 0 Å². The number of amides is 1. The van der Waals surface area contributed by atoms with Crippen LogP contribution in [0, 0.1) is 27.7 Å². The van der Waals surface area contributed by atoms with Gasteiger partial charge in [0.25, 0.3) is 5.24 Å². The summed E-state index contributed by atoms with van der Waals surface area (Å²) >= 11 is 3.83. The first-order chi connectivity index (χ1) is 7.34. The molecule has 0 saturated heterocycles. The Labute approximate surface area is 103 Å². The van der Waals surface area contributed by atoms with Gasteiger partial charge >= 0.3 is 0 Å². The lowest BCUT2D eigenvalue weighted by atomic mass is 9.94. The molecule has 88 valence electrons. The molecule has 0 aliphatic rings. The van der Waals surface area contributed by atoms with Crippen molar-refractivity contribution in [2.45, 2.75) is 34.2 Å². The number of nitrogens with zero attached hydrogens (tertiary/aromatic N) is 1. The summed E-state index contributed by atoms with van der Waals surface area (Å²) in [5.74, 6) is 0. The van der Waals surface area contributed by atoms with E-state index < -0.39 is 0 Å². The van der Waals surface area contributed by atoms with Gasteiger partial charge in [-0.25, -0.2) is 0 Å². The number of carbonyl (C=O) groups is 1. The summed E-state index contributed by atoms with van der Waals surface area (Å²) in [5.41, 5.74) is 6.33. The molecule has 1 aromatic carbocycles. The third-order valence-electron chi connectivity index (χ3n) is 3.24. The van der Waals surface area contributed by atoms with Gasteiger partial charge in [0.05, 0.1) is 0 Å². The van der Waals surface area contributed by atoms with E-state index in [0.29, 0.717) is 6.54 Å². The molecule has 0 saturated carbocycles. The smallest absolute Gasteiger partial charge is 0.278 e. The van der Waals surface area contributed by atoms with Crippen LogP contribution < -0.4 is 0 Å². The number of hydrogen-bond acceptors (Lipinski definition) is 1. The van der Waals surface area contributed by atoms with Gasteiger partial charge in [-0.15, -0.1) is 0 Å². The van der Waals surface area contributed by atoms with Crippen LogP contribution in [0.25, 0.3) is 0 Å². The molecule has 2 nitrogen and oxygen atoms in total. The van der Waals surface area contributed by atoms with Gasteiger partial charge in [-0.3, -0.25) is 4.79 Å². The molecule has 0 aliphatic carbocycles. The van der Waals surface area contributed by atoms with Crippen LogP contribution in [0.4, 0.5) is 4.79 Å². The molecule has 0 radical (unpaired) electrons. The SMILES string of the molecule is Cc1cc(C)c(C)c(CN(C)C(=O)S)c1C. The maximum absolute atomic E-state index is 11.1. The molecule has 1 aromatic rings. The highest BCUT2D eigenvalue weighted by molar-refractivity contribution is 7.96. The van der Waals surface area contributed by atoms with Crippen molar-refractivity contribution < 1.29 is 4.79 Å². The van der Waals surface area contributed by atoms with E-state index in [1.54, 1.807) is 11.9 Å². The van der Waals surface area contributed by atoms with Crippen molar-refractivity contribution in [3.8, 4) is 0 Å². The first-order valence-electron chi connectivity index (χ1n) is 5.35. The summed E-state index contributed by atoms with van der Waals surface area (Å²) < 4.78 is 0. The standard InChI is InChI=1S/C13H19NOS/c1-8-6-9(2)11(4)12(10(8)3)7-14(5)13(15)16/h6H,7H2,1-5H3,(H,15,16). The Bertz CT molecular complexity index is 400. The fourth-order valence-electron chi connectivity index (χ4n) is 1.84. The third-order valence-corrected chi connectivity index (χ3v) is 3.58. The quantitative estimate of drug-likeness (QED) is 0.782. The Morgan fingerprint density at radius 3 is 2.00 bits per heavy atom. The molecule has 0 N–H and O–H groups in total. The van der Waals surface area contributed by atoms with Crippen LogP contribution in [0.2, 0.25) is 0 Å². The van der Waals surface area contributed by atoms with Crippen molar-refractivity contribution in [3.05, 3.63) is 33.9 Å². The minimum atomic E-state index is -0.196. The Kier molecular flexibility index (Phi) is 4.03. The zero-order valence-electron chi connectivity index (χ0n) is 10.6. The maximum Gasteiger partial charge on any atom is 0.278 e. The van der Waals surface area contributed by atoms with Crippen LogP contribution in [-0.2, 0) is 6.54 Å². The number of aryl methyl sites for hydroxylation is 2. The number of thiol groups is 1. The van der Waals surface area contributed by atoms with Crippen molar-refractivity contribution in [2.24, 2.45) is 0 Å². The van der Waals surface area contributed by atoms with Gasteiger partial charge in [0.1, 0.15) is 0 Å². The van der Waals surface area contributed by atoms with Gasteiger partial charge in [-0.1, -0.05) is 18.7 Å². The van der Waals surface area contributed by atoms with Crippen LogP contribution in [-0.4, -0.2) is 17.2 Å². The minimum Gasteiger partial charge on any atom is -0.333 e. The van der Waals surface area contributed by atoms with E-state index in [0.717, 1.165) is 0 Å². The summed E-state index contributed by atoms with van der Waals surface area (Å²) in [4.78, 5) is 12.8. The van der Waals surface area contributed by atoms with Crippen molar-refractivity contribution in [1.82, 2.24) is 4.90 Å². The van der Waals surface area contributed by atoms with E-state index in [1.807, 2.05) is 0 Å². The number of hydrogen-bond donors (Lipinski definition) is 1. The van der Waals surface area contributed by atoms with E-state index in [2.05, 4.69) is 46.4 Å². The molecule has 1 rings (SSSR count). The number of carbonyl (C=O) groups excluding carboxylic acids is 1. The molecule has 0 aromatic heterocycles. The van der Waals surface area contributed by atoms with E-state index >= 15 is 0 Å². The minimum absolute atomic E-state index is 0.196. The zero-order chi connectivity index (χ0) is 12.5. The third kappa shape index (κ3) is 2.59. The molecule has 0 unspecified atom stereocenters. The van der Waals surface area contributed by atoms with Crippen LogP contribution in [0.5, 0.6) is 0 Å². The fraction of sp³-hybridized carbons (Fsp3) is 0.462. The summed E-state index contributed by atoms with van der Waals surface area (Å²) in [5, 5.41) is -0.196. The largest absolute Gasteiger partial charge is 0.333 e. The summed E-state index contributed by atoms with van der Waals surface area (Å²) in [7, 11) is 1.77. The lowest BCUT2D eigenvalue weighted by molar-refractivity contribution is 0.232. The second-order valence-corrected chi connectivity index (χ2v) is 4.76. The second kappa shape index (κ2) is 4.91. The Hall–Kier alpha value is -0.960. The van der Waals surface area contributed by atoms with Crippen LogP contribution >= 0.6 is 12.6 Å². The molecule has 0 fully saturated rings. The molecule has 0 bridgehead atoms. The summed E-state index contributed by atoms with van der Waals surface area (Å²) in [6.45, 7) is 9.05. The normalized spacial score (nSPS) is 10.4. The molecule has 0 aliphatic heterocycles. The Balaban J connectivity index is 3.17. The summed E-state index contributed by atoms with van der Waals surface area (Å²) in [6, 6.07) is 2.19. The maximum atomic E-state index is 11.1. The van der Waals surface area contributed by atoms with E-state index in [-0.39, 0.29) is 5.24 Å². The molecule has 16 heavy (non-hydrogen) atoms. The van der Waals surface area contributed by atoms with E-state index in [4.69, 9.17) is 0 Å². The predicted octanol–water partition coefficient (Wildman–Crippen LogP) is 3.40. The topological polar surface area (TPSA) is 20.3 Å². The average Bonchev–Trinajstić information content (AvgIpc) is 2.21. The Morgan fingerprint density at radius 2 is 1.62 bits per heavy atom. The van der Waals surface area contributed by atoms with Gasteiger partial charge in [0, 0.05) is 13.6 Å². The number of rotatable bonds is 2. The van der Waals surface area contributed by atoms with E-state index in [1.165, 1.54) is 27.8 Å². The van der Waals surface area contributed by atoms with E-state index in [9.17, 15) is 4.79 Å². The molecular weight excluding hydrogens is 218 g/mol. The highest BCUT2D eigenvalue weighted by atomic mass is 32.1. The average molecular weight is 237 g/mol. The van der Waals surface area contributed by atoms with Crippen molar-refractivity contribution >= 4 is 17.9 Å². The van der Waals surface area contributed by atoms with Crippen LogP contribution in [0.1, 0.15) is 27.8 Å². The fourth-order valence-corrected chi connectivity index (χ4v) is 1.91. The Morgan fingerprint density at radius 1 is 1.19 bits per heavy atom. The van der Waals surface area contributed by atoms with Crippen molar-refractivity contribution in [2.75, 3.05) is 7.05 Å². The number of benzene rings is 1. The van der Waals surface area contributed by atoms with Gasteiger partial charge in [0.2, 0.25) is 0 Å². The lowest BCUT2D eigenvalue weighted by Gasteiger charge is -2.20. The lowest BCUT2D eigenvalue weighted by Crippen LogP contribution is -2.21. The van der Waals surface area contributed by atoms with Gasteiger partial charge in [-0.2, -0.15) is 0 Å². The van der Waals surface area contributed by atoms with Crippen LogP contribution in [0.15, 0.2) is 6.07 Å². The highest BCUT2D eigenvalue weighted by Crippen LogP contribution is 2.22. The predicted molar refractivity (Wildman–Crippen MR) is 71.2 cm³/mol. The molecule has 1 amide bonds. The molecule has 3 heteroatoms. The molecular formula is C13H19NOS. The van der Waals surface area contributed by atoms with Gasteiger partial charge < -0.3 is 4.90 Å². The van der Waals surface area contributed by atoms with Gasteiger partial charge in [-0.05, 0) is 55.5 Å². The monoisotopic (exact) mass is 237 g/mol. The summed E-state index contributed by atoms with van der Waals surface area (Å²) in [6.07, 6.45) is 0. The van der Waals surface area contributed by atoms with Crippen molar-refractivity contribution in [1.29, 1.82) is 0 Å².